The van der Waals surface area contributed by atoms with Gasteiger partial charge in [0.15, 0.2) is 5.82 Å². The number of para-hydroxylation sites is 1. The van der Waals surface area contributed by atoms with Crippen molar-refractivity contribution in [1.82, 2.24) is 20.2 Å². The van der Waals surface area contributed by atoms with Crippen molar-refractivity contribution in [3.8, 4) is 11.4 Å². The van der Waals surface area contributed by atoms with E-state index in [2.05, 4.69) is 20.2 Å². The minimum absolute atomic E-state index is 0.193. The van der Waals surface area contributed by atoms with Gasteiger partial charge in [-0.2, -0.15) is 5.10 Å². The first kappa shape index (κ1) is 14.2. The number of hydrogen-bond acceptors (Lipinski definition) is 4. The molecule has 0 spiro atoms. The Labute approximate surface area is 137 Å². The second-order valence-electron chi connectivity index (χ2n) is 5.56. The van der Waals surface area contributed by atoms with Crippen LogP contribution in [-0.4, -0.2) is 20.2 Å². The van der Waals surface area contributed by atoms with Crippen molar-refractivity contribution in [2.75, 3.05) is 5.73 Å². The van der Waals surface area contributed by atoms with Gasteiger partial charge >= 0.3 is 0 Å². The first-order valence-electron chi connectivity index (χ1n) is 7.58. The van der Waals surface area contributed by atoms with Crippen LogP contribution in [0.15, 0.2) is 59.4 Å². The summed E-state index contributed by atoms with van der Waals surface area (Å²) < 4.78 is 0. The van der Waals surface area contributed by atoms with Crippen LogP contribution in [0.2, 0.25) is 0 Å². The summed E-state index contributed by atoms with van der Waals surface area (Å²) in [6, 6.07) is 17.2. The number of nitrogens with zero attached hydrogens (tertiary/aromatic N) is 2. The number of fused-ring (bicyclic) bond motifs is 1. The van der Waals surface area contributed by atoms with Gasteiger partial charge in [0.1, 0.15) is 5.82 Å². The molecule has 0 fully saturated rings. The average molecular weight is 317 g/mol. The summed E-state index contributed by atoms with van der Waals surface area (Å²) in [5.74, 6) is 0.746. The zero-order valence-corrected chi connectivity index (χ0v) is 12.8. The maximum atomic E-state index is 12.3. The summed E-state index contributed by atoms with van der Waals surface area (Å²) >= 11 is 0. The number of aromatic nitrogens is 4. The van der Waals surface area contributed by atoms with E-state index in [1.54, 1.807) is 12.1 Å². The van der Waals surface area contributed by atoms with Gasteiger partial charge in [0.2, 0.25) is 0 Å². The molecule has 118 valence electrons. The van der Waals surface area contributed by atoms with Crippen molar-refractivity contribution < 1.29 is 0 Å². The molecule has 2 heterocycles. The fourth-order valence-corrected chi connectivity index (χ4v) is 2.79. The lowest BCUT2D eigenvalue weighted by Gasteiger charge is -2.05. The molecule has 24 heavy (non-hydrogen) atoms. The molecule has 6 nitrogen and oxygen atoms in total. The summed E-state index contributed by atoms with van der Waals surface area (Å²) in [5, 5.41) is 7.59. The van der Waals surface area contributed by atoms with Gasteiger partial charge in [-0.05, 0) is 17.7 Å². The summed E-state index contributed by atoms with van der Waals surface area (Å²) in [5.41, 5.74) is 9.02. The highest BCUT2D eigenvalue weighted by atomic mass is 16.1. The Morgan fingerprint density at radius 1 is 1.00 bits per heavy atom. The molecule has 4 N–H and O–H groups in total. The van der Waals surface area contributed by atoms with E-state index in [0.29, 0.717) is 34.5 Å². The number of aromatic amines is 2. The molecule has 2 aromatic carbocycles. The highest BCUT2D eigenvalue weighted by Crippen LogP contribution is 2.26. The highest BCUT2D eigenvalue weighted by molar-refractivity contribution is 5.81. The Morgan fingerprint density at radius 2 is 1.75 bits per heavy atom. The van der Waals surface area contributed by atoms with Crippen molar-refractivity contribution in [2.45, 2.75) is 6.42 Å². The van der Waals surface area contributed by atoms with Crippen LogP contribution >= 0.6 is 0 Å². The van der Waals surface area contributed by atoms with Gasteiger partial charge in [-0.1, -0.05) is 42.5 Å². The van der Waals surface area contributed by atoms with Crippen molar-refractivity contribution in [2.24, 2.45) is 0 Å². The van der Waals surface area contributed by atoms with E-state index in [4.69, 9.17) is 5.73 Å². The molecule has 0 amide bonds. The maximum Gasteiger partial charge on any atom is 0.259 e. The number of nitrogens with two attached hydrogens (primary N) is 1. The molecule has 4 aromatic rings. The van der Waals surface area contributed by atoms with Crippen molar-refractivity contribution in [3.63, 3.8) is 0 Å². The Kier molecular flexibility index (Phi) is 3.35. The van der Waals surface area contributed by atoms with Crippen LogP contribution in [0.3, 0.4) is 0 Å². The smallest absolute Gasteiger partial charge is 0.259 e. The highest BCUT2D eigenvalue weighted by Gasteiger charge is 2.16. The topological polar surface area (TPSA) is 100 Å². The number of anilines is 1. The van der Waals surface area contributed by atoms with Crippen molar-refractivity contribution >= 4 is 16.7 Å². The van der Waals surface area contributed by atoms with Crippen LogP contribution in [-0.2, 0) is 6.42 Å². The van der Waals surface area contributed by atoms with Crippen LogP contribution in [0.25, 0.3) is 22.3 Å². The van der Waals surface area contributed by atoms with E-state index >= 15 is 0 Å². The Balaban J connectivity index is 1.85. The average Bonchev–Trinajstić information content (AvgIpc) is 2.96. The molecule has 0 aliphatic rings. The quantitative estimate of drug-likeness (QED) is 0.540. The molecule has 0 atom stereocenters. The zero-order chi connectivity index (χ0) is 16.5. The molecule has 4 rings (SSSR count). The molecular formula is C18H15N5O. The largest absolute Gasteiger partial charge is 0.382 e. The second kappa shape index (κ2) is 5.66. The molecule has 2 aromatic heterocycles. The monoisotopic (exact) mass is 317 g/mol. The van der Waals surface area contributed by atoms with Gasteiger partial charge in [0.25, 0.3) is 5.56 Å². The van der Waals surface area contributed by atoms with Gasteiger partial charge in [0, 0.05) is 6.42 Å². The number of nitrogens with one attached hydrogen (secondary N) is 2. The number of H-pyrrole nitrogens is 2. The predicted molar refractivity (Wildman–Crippen MR) is 93.6 cm³/mol. The van der Waals surface area contributed by atoms with Crippen molar-refractivity contribution in [3.05, 3.63) is 76.2 Å². The SMILES string of the molecule is Nc1n[nH]c(Cc2ccccc2)c1-c1nc2ccccc2c(=O)[nH]1. The predicted octanol–water partition coefficient (Wildman–Crippen LogP) is 2.49. The van der Waals surface area contributed by atoms with Crippen LogP contribution in [0.4, 0.5) is 5.82 Å². The molecule has 0 unspecified atom stereocenters. The molecular weight excluding hydrogens is 302 g/mol. The summed E-state index contributed by atoms with van der Waals surface area (Å²) in [6.07, 6.45) is 0.622. The summed E-state index contributed by atoms with van der Waals surface area (Å²) in [4.78, 5) is 19.7. The Morgan fingerprint density at radius 3 is 2.58 bits per heavy atom. The standard InChI is InChI=1S/C18H15N5O/c19-16-15(14(22-23-16)10-11-6-2-1-3-7-11)17-20-13-9-5-4-8-12(13)18(24)21-17/h1-9H,10H2,(H3,19,22,23)(H,20,21,24). The lowest BCUT2D eigenvalue weighted by Crippen LogP contribution is -2.10. The Bertz CT molecular complexity index is 1070. The van der Waals surface area contributed by atoms with E-state index in [-0.39, 0.29) is 5.56 Å². The number of hydrogen-bond donors (Lipinski definition) is 3. The number of benzene rings is 2. The molecule has 0 radical (unpaired) electrons. The van der Waals surface area contributed by atoms with Gasteiger partial charge in [-0.15, -0.1) is 0 Å². The normalized spacial score (nSPS) is 11.0. The molecule has 0 bridgehead atoms. The van der Waals surface area contributed by atoms with Crippen LogP contribution in [0.5, 0.6) is 0 Å². The first-order chi connectivity index (χ1) is 11.7. The third-order valence-corrected chi connectivity index (χ3v) is 3.94. The van der Waals surface area contributed by atoms with Gasteiger partial charge in [-0.3, -0.25) is 9.89 Å². The van der Waals surface area contributed by atoms with Gasteiger partial charge in [0.05, 0.1) is 22.2 Å². The van der Waals surface area contributed by atoms with E-state index in [1.165, 1.54) is 0 Å². The van der Waals surface area contributed by atoms with Crippen LogP contribution in [0.1, 0.15) is 11.3 Å². The third kappa shape index (κ3) is 2.44. The lowest BCUT2D eigenvalue weighted by molar-refractivity contribution is 0.998. The van der Waals surface area contributed by atoms with Gasteiger partial charge in [-0.25, -0.2) is 4.98 Å². The van der Waals surface area contributed by atoms with Crippen LogP contribution in [0, 0.1) is 0 Å². The molecule has 0 saturated carbocycles. The summed E-state index contributed by atoms with van der Waals surface area (Å²) in [7, 11) is 0. The Hall–Kier alpha value is -3.41. The molecule has 6 heteroatoms. The van der Waals surface area contributed by atoms with Crippen LogP contribution < -0.4 is 11.3 Å². The summed E-state index contributed by atoms with van der Waals surface area (Å²) in [6.45, 7) is 0. The van der Waals surface area contributed by atoms with E-state index in [1.807, 2.05) is 42.5 Å². The van der Waals surface area contributed by atoms with E-state index in [0.717, 1.165) is 11.3 Å². The number of nitrogen functional groups attached to an aromatic ring is 1. The molecule has 0 aliphatic carbocycles. The second-order valence-corrected chi connectivity index (χ2v) is 5.56. The van der Waals surface area contributed by atoms with Crippen molar-refractivity contribution in [1.29, 1.82) is 0 Å². The zero-order valence-electron chi connectivity index (χ0n) is 12.8. The fourth-order valence-electron chi connectivity index (χ4n) is 2.79. The van der Waals surface area contributed by atoms with Gasteiger partial charge < -0.3 is 10.7 Å². The lowest BCUT2D eigenvalue weighted by atomic mass is 10.1. The van der Waals surface area contributed by atoms with E-state index < -0.39 is 0 Å². The third-order valence-electron chi connectivity index (χ3n) is 3.94. The number of rotatable bonds is 3. The first-order valence-corrected chi connectivity index (χ1v) is 7.58. The minimum Gasteiger partial charge on any atom is -0.382 e. The maximum absolute atomic E-state index is 12.3. The van der Waals surface area contributed by atoms with E-state index in [9.17, 15) is 4.79 Å². The minimum atomic E-state index is -0.193. The molecule has 0 saturated heterocycles. The fraction of sp³-hybridized carbons (Fsp3) is 0.0556. The molecule has 0 aliphatic heterocycles.